The standard InChI is InChI=1S/C18H26N2O4/c1-6-10-19-16(21)18(2,3)17(22)20-11-9-13-7-8-14(23-4)15(12-13)24-5/h6-8,12H,1,9-11H2,2-5H3,(H,19,21)(H,20,22). The van der Waals surface area contributed by atoms with Crippen LogP contribution in [0.1, 0.15) is 19.4 Å². The summed E-state index contributed by atoms with van der Waals surface area (Å²) in [5.41, 5.74) is -0.137. The lowest BCUT2D eigenvalue weighted by atomic mass is 9.91. The SMILES string of the molecule is C=CCNC(=O)C(C)(C)C(=O)NCCc1ccc(OC)c(OC)c1. The Bertz CT molecular complexity index is 597. The van der Waals surface area contributed by atoms with Gasteiger partial charge < -0.3 is 20.1 Å². The van der Waals surface area contributed by atoms with Crippen LogP contribution in [-0.2, 0) is 16.0 Å². The normalized spacial score (nSPS) is 10.7. The minimum Gasteiger partial charge on any atom is -0.493 e. The van der Waals surface area contributed by atoms with Crippen molar-refractivity contribution in [2.24, 2.45) is 5.41 Å². The van der Waals surface area contributed by atoms with Crippen molar-refractivity contribution in [3.63, 3.8) is 0 Å². The van der Waals surface area contributed by atoms with E-state index >= 15 is 0 Å². The summed E-state index contributed by atoms with van der Waals surface area (Å²) in [4.78, 5) is 24.2. The second-order valence-electron chi connectivity index (χ2n) is 5.82. The zero-order valence-corrected chi connectivity index (χ0v) is 14.8. The maximum atomic E-state index is 12.2. The van der Waals surface area contributed by atoms with Crippen LogP contribution in [0.2, 0.25) is 0 Å². The fraction of sp³-hybridized carbons (Fsp3) is 0.444. The molecular weight excluding hydrogens is 308 g/mol. The molecule has 0 bridgehead atoms. The minimum absolute atomic E-state index is 0.315. The molecule has 0 fully saturated rings. The molecule has 0 aliphatic carbocycles. The van der Waals surface area contributed by atoms with E-state index in [1.807, 2.05) is 18.2 Å². The number of methoxy groups -OCH3 is 2. The average molecular weight is 334 g/mol. The third-order valence-electron chi connectivity index (χ3n) is 3.69. The number of hydrogen-bond donors (Lipinski definition) is 2. The maximum Gasteiger partial charge on any atom is 0.235 e. The highest BCUT2D eigenvalue weighted by molar-refractivity contribution is 6.04. The Kier molecular flexibility index (Phi) is 7.30. The monoisotopic (exact) mass is 334 g/mol. The van der Waals surface area contributed by atoms with Crippen LogP contribution in [0.5, 0.6) is 11.5 Å². The van der Waals surface area contributed by atoms with Crippen molar-refractivity contribution in [3.05, 3.63) is 36.4 Å². The molecule has 1 aromatic rings. The summed E-state index contributed by atoms with van der Waals surface area (Å²) in [6, 6.07) is 5.60. The molecule has 1 rings (SSSR count). The molecule has 2 N–H and O–H groups in total. The highest BCUT2D eigenvalue weighted by atomic mass is 16.5. The number of hydrogen-bond acceptors (Lipinski definition) is 4. The lowest BCUT2D eigenvalue weighted by molar-refractivity contribution is -0.141. The van der Waals surface area contributed by atoms with Gasteiger partial charge in [0.2, 0.25) is 11.8 Å². The quantitative estimate of drug-likeness (QED) is 0.532. The Morgan fingerprint density at radius 3 is 2.33 bits per heavy atom. The molecule has 0 unspecified atom stereocenters. The van der Waals surface area contributed by atoms with Gasteiger partial charge in [0.05, 0.1) is 14.2 Å². The Morgan fingerprint density at radius 1 is 1.12 bits per heavy atom. The Balaban J connectivity index is 2.59. The van der Waals surface area contributed by atoms with Gasteiger partial charge in [-0.25, -0.2) is 0 Å². The Morgan fingerprint density at radius 2 is 1.75 bits per heavy atom. The van der Waals surface area contributed by atoms with Crippen LogP contribution in [0.25, 0.3) is 0 Å². The van der Waals surface area contributed by atoms with E-state index < -0.39 is 5.41 Å². The summed E-state index contributed by atoms with van der Waals surface area (Å²) in [6.07, 6.45) is 2.19. The topological polar surface area (TPSA) is 76.7 Å². The summed E-state index contributed by atoms with van der Waals surface area (Å²) < 4.78 is 10.4. The summed E-state index contributed by atoms with van der Waals surface area (Å²) in [5.74, 6) is 0.659. The first-order chi connectivity index (χ1) is 11.4. The number of benzene rings is 1. The molecule has 0 aliphatic rings. The molecule has 1 aromatic carbocycles. The highest BCUT2D eigenvalue weighted by Gasteiger charge is 2.35. The largest absolute Gasteiger partial charge is 0.493 e. The van der Waals surface area contributed by atoms with Gasteiger partial charge in [0.25, 0.3) is 0 Å². The van der Waals surface area contributed by atoms with Crippen LogP contribution in [-0.4, -0.2) is 39.1 Å². The Labute approximate surface area is 143 Å². The van der Waals surface area contributed by atoms with Gasteiger partial charge in [-0.05, 0) is 38.0 Å². The molecule has 2 amide bonds. The lowest BCUT2D eigenvalue weighted by Crippen LogP contribution is -2.48. The van der Waals surface area contributed by atoms with Crippen molar-refractivity contribution in [3.8, 4) is 11.5 Å². The van der Waals surface area contributed by atoms with E-state index in [1.54, 1.807) is 34.1 Å². The number of nitrogens with one attached hydrogen (secondary N) is 2. The van der Waals surface area contributed by atoms with Gasteiger partial charge in [0.15, 0.2) is 11.5 Å². The van der Waals surface area contributed by atoms with Crippen LogP contribution in [0, 0.1) is 5.41 Å². The van der Waals surface area contributed by atoms with Gasteiger partial charge >= 0.3 is 0 Å². The van der Waals surface area contributed by atoms with Crippen molar-refractivity contribution in [1.29, 1.82) is 0 Å². The fourth-order valence-corrected chi connectivity index (χ4v) is 2.07. The zero-order valence-electron chi connectivity index (χ0n) is 14.8. The van der Waals surface area contributed by atoms with Gasteiger partial charge in [-0.3, -0.25) is 9.59 Å². The van der Waals surface area contributed by atoms with Crippen molar-refractivity contribution in [1.82, 2.24) is 10.6 Å². The van der Waals surface area contributed by atoms with Gasteiger partial charge in [-0.15, -0.1) is 6.58 Å². The summed E-state index contributed by atoms with van der Waals surface area (Å²) in [7, 11) is 3.16. The maximum absolute atomic E-state index is 12.2. The number of rotatable bonds is 9. The second kappa shape index (κ2) is 8.96. The molecule has 0 saturated carbocycles. The number of carbonyl (C=O) groups excluding carboxylic acids is 2. The van der Waals surface area contributed by atoms with E-state index in [1.165, 1.54) is 0 Å². The Hall–Kier alpha value is -2.50. The molecule has 0 saturated heterocycles. The van der Waals surface area contributed by atoms with Crippen LogP contribution in [0.4, 0.5) is 0 Å². The molecule has 0 heterocycles. The average Bonchev–Trinajstić information content (AvgIpc) is 2.58. The van der Waals surface area contributed by atoms with Gasteiger partial charge in [-0.2, -0.15) is 0 Å². The van der Waals surface area contributed by atoms with E-state index in [4.69, 9.17) is 9.47 Å². The molecule has 132 valence electrons. The molecule has 0 spiro atoms. The van der Waals surface area contributed by atoms with Crippen LogP contribution in [0.3, 0.4) is 0 Å². The van der Waals surface area contributed by atoms with Gasteiger partial charge in [0, 0.05) is 13.1 Å². The van der Waals surface area contributed by atoms with E-state index in [2.05, 4.69) is 17.2 Å². The minimum atomic E-state index is -1.14. The molecule has 24 heavy (non-hydrogen) atoms. The van der Waals surface area contributed by atoms with Gasteiger partial charge in [0.1, 0.15) is 5.41 Å². The highest BCUT2D eigenvalue weighted by Crippen LogP contribution is 2.27. The van der Waals surface area contributed by atoms with Crippen LogP contribution >= 0.6 is 0 Å². The molecule has 0 atom stereocenters. The second-order valence-corrected chi connectivity index (χ2v) is 5.82. The summed E-state index contributed by atoms with van der Waals surface area (Å²) in [6.45, 7) is 7.48. The first kappa shape index (κ1) is 19.5. The molecule has 0 radical (unpaired) electrons. The summed E-state index contributed by atoms with van der Waals surface area (Å²) in [5, 5.41) is 5.44. The van der Waals surface area contributed by atoms with Crippen LogP contribution < -0.4 is 20.1 Å². The predicted octanol–water partition coefficient (Wildman–Crippen LogP) is 1.69. The van der Waals surface area contributed by atoms with Gasteiger partial charge in [-0.1, -0.05) is 12.1 Å². The van der Waals surface area contributed by atoms with E-state index in [9.17, 15) is 9.59 Å². The van der Waals surface area contributed by atoms with Crippen LogP contribution in [0.15, 0.2) is 30.9 Å². The predicted molar refractivity (Wildman–Crippen MR) is 93.2 cm³/mol. The third kappa shape index (κ3) is 5.01. The lowest BCUT2D eigenvalue weighted by Gasteiger charge is -2.22. The zero-order chi connectivity index (χ0) is 18.2. The molecule has 0 aromatic heterocycles. The number of carbonyl (C=O) groups is 2. The number of amides is 2. The third-order valence-corrected chi connectivity index (χ3v) is 3.69. The fourth-order valence-electron chi connectivity index (χ4n) is 2.07. The van der Waals surface area contributed by atoms with Crippen molar-refractivity contribution < 1.29 is 19.1 Å². The number of ether oxygens (including phenoxy) is 2. The molecule has 6 heteroatoms. The smallest absolute Gasteiger partial charge is 0.235 e. The summed E-state index contributed by atoms with van der Waals surface area (Å²) >= 11 is 0. The first-order valence-corrected chi connectivity index (χ1v) is 7.75. The van der Waals surface area contributed by atoms with Crippen molar-refractivity contribution >= 4 is 11.8 Å². The van der Waals surface area contributed by atoms with Crippen molar-refractivity contribution in [2.75, 3.05) is 27.3 Å². The van der Waals surface area contributed by atoms with Crippen molar-refractivity contribution in [2.45, 2.75) is 20.3 Å². The van der Waals surface area contributed by atoms with E-state index in [0.717, 1.165) is 5.56 Å². The van der Waals surface area contributed by atoms with E-state index in [0.29, 0.717) is 31.0 Å². The molecule has 6 nitrogen and oxygen atoms in total. The molecular formula is C18H26N2O4. The molecule has 0 aliphatic heterocycles. The first-order valence-electron chi connectivity index (χ1n) is 7.75. The van der Waals surface area contributed by atoms with E-state index in [-0.39, 0.29) is 11.8 Å².